The average molecular weight is 393 g/mol. The lowest BCUT2D eigenvalue weighted by molar-refractivity contribution is -0.363. The maximum Gasteiger partial charge on any atom is 0.737 e. The van der Waals surface area contributed by atoms with Gasteiger partial charge in [-0.1, -0.05) is 35.3 Å². The number of hydrogen-bond donors (Lipinski definition) is 0. The lowest BCUT2D eigenvalue weighted by Crippen LogP contribution is -2.51. The van der Waals surface area contributed by atoms with E-state index in [1.54, 1.807) is 38.1 Å². The molecule has 4 rings (SSSR count). The highest BCUT2D eigenvalue weighted by Crippen LogP contribution is 2.46. The van der Waals surface area contributed by atoms with Crippen LogP contribution in [0.1, 0.15) is 36.4 Å². The van der Waals surface area contributed by atoms with Gasteiger partial charge >= 0.3 is 6.97 Å². The molecule has 0 saturated carbocycles. The molecule has 0 amide bonds. The second-order valence-electron chi connectivity index (χ2n) is 6.94. The highest BCUT2D eigenvalue weighted by Gasteiger charge is 2.55. The zero-order chi connectivity index (χ0) is 19.0. The molecule has 0 fully saturated rings. The monoisotopic (exact) mass is 392 g/mol. The Morgan fingerprint density at radius 2 is 1.77 bits per heavy atom. The molecule has 2 aliphatic heterocycles. The average Bonchev–Trinajstić information content (AvgIpc) is 3.01. The number of benzene rings is 1. The first-order valence-electron chi connectivity index (χ1n) is 8.37. The van der Waals surface area contributed by atoms with Crippen molar-refractivity contribution < 1.29 is 13.1 Å². The van der Waals surface area contributed by atoms with Crippen LogP contribution in [-0.2, 0) is 0 Å². The van der Waals surface area contributed by atoms with Gasteiger partial charge in [-0.15, -0.1) is 0 Å². The zero-order valence-corrected chi connectivity index (χ0v) is 16.4. The molecular weight excluding hydrogens is 376 g/mol. The van der Waals surface area contributed by atoms with Crippen LogP contribution in [0.15, 0.2) is 41.6 Å². The van der Waals surface area contributed by atoms with E-state index in [2.05, 4.69) is 0 Å². The number of allylic oxidation sites excluding steroid dienone is 2. The molecule has 1 aromatic carbocycles. The number of nitrogens with zero attached hydrogens (tertiary/aromatic N) is 2. The lowest BCUT2D eigenvalue weighted by atomic mass is 9.84. The van der Waals surface area contributed by atoms with Crippen molar-refractivity contribution in [2.24, 2.45) is 0 Å². The van der Waals surface area contributed by atoms with Gasteiger partial charge in [0.1, 0.15) is 5.71 Å². The Balaban J connectivity index is 2.22. The van der Waals surface area contributed by atoms with Crippen LogP contribution in [0.25, 0.3) is 5.57 Å². The largest absolute Gasteiger partial charge is 0.737 e. The molecule has 2 aliphatic rings. The number of aryl methyl sites for hydroxylation is 2. The van der Waals surface area contributed by atoms with Crippen molar-refractivity contribution in [2.75, 3.05) is 0 Å². The minimum Gasteiger partial charge on any atom is -0.393 e. The number of rotatable bonds is 1. The van der Waals surface area contributed by atoms with Gasteiger partial charge in [-0.3, -0.25) is 0 Å². The fourth-order valence-corrected chi connectivity index (χ4v) is 4.65. The summed E-state index contributed by atoms with van der Waals surface area (Å²) < 4.78 is 33.4. The number of aromatic nitrogens is 1. The Morgan fingerprint density at radius 3 is 2.46 bits per heavy atom. The molecule has 3 heterocycles. The first-order chi connectivity index (χ1) is 12.2. The maximum atomic E-state index is 15.5. The molecule has 0 saturated heterocycles. The van der Waals surface area contributed by atoms with Crippen molar-refractivity contribution in [3.05, 3.63) is 74.2 Å². The summed E-state index contributed by atoms with van der Waals surface area (Å²) in [6, 6.07) is 7.11. The molecule has 1 aromatic heterocycles. The smallest absolute Gasteiger partial charge is 0.393 e. The van der Waals surface area contributed by atoms with E-state index in [-0.39, 0.29) is 0 Å². The first-order valence-corrected chi connectivity index (χ1v) is 9.13. The van der Waals surface area contributed by atoms with Gasteiger partial charge in [-0.25, -0.2) is 0 Å². The predicted octanol–water partition coefficient (Wildman–Crippen LogP) is 5.84. The van der Waals surface area contributed by atoms with Crippen molar-refractivity contribution in [3.8, 4) is 0 Å². The fraction of sp³-hybridized carbons (Fsp3) is 0.211. The van der Waals surface area contributed by atoms with Gasteiger partial charge < -0.3 is 17.6 Å². The SMILES string of the molecule is CC1=CC(C)=[N+]2C1=C(c1cccc(Cl)c1Cl)c1c(C)cc(C)n1[B-]2(F)F. The van der Waals surface area contributed by atoms with Crippen LogP contribution in [-0.4, -0.2) is 21.6 Å². The lowest BCUT2D eigenvalue weighted by Gasteiger charge is -2.34. The molecule has 7 heteroatoms. The third-order valence-corrected chi connectivity index (χ3v) is 5.97. The Labute approximate surface area is 161 Å². The van der Waals surface area contributed by atoms with Crippen LogP contribution in [0.4, 0.5) is 8.63 Å². The summed E-state index contributed by atoms with van der Waals surface area (Å²) in [5.74, 6) is 0. The molecule has 0 atom stereocenters. The van der Waals surface area contributed by atoms with Crippen molar-refractivity contribution in [1.29, 1.82) is 0 Å². The second-order valence-corrected chi connectivity index (χ2v) is 7.72. The predicted molar refractivity (Wildman–Crippen MR) is 104 cm³/mol. The van der Waals surface area contributed by atoms with Crippen molar-refractivity contribution in [1.82, 2.24) is 4.48 Å². The Bertz CT molecular complexity index is 1080. The van der Waals surface area contributed by atoms with Crippen molar-refractivity contribution in [3.63, 3.8) is 0 Å². The van der Waals surface area contributed by atoms with Gasteiger partial charge in [-0.2, -0.15) is 0 Å². The van der Waals surface area contributed by atoms with Crippen LogP contribution < -0.4 is 0 Å². The first kappa shape index (κ1) is 17.6. The minimum atomic E-state index is -3.99. The van der Waals surface area contributed by atoms with Crippen LogP contribution in [0.3, 0.4) is 0 Å². The molecular formula is C19H17BCl2F2N2. The van der Waals surface area contributed by atoms with Crippen molar-refractivity contribution in [2.45, 2.75) is 27.7 Å². The van der Waals surface area contributed by atoms with Crippen molar-refractivity contribution >= 4 is 41.5 Å². The summed E-state index contributed by atoms with van der Waals surface area (Å²) in [6.07, 6.45) is 1.79. The third kappa shape index (κ3) is 2.13. The topological polar surface area (TPSA) is 7.94 Å². The normalized spacial score (nSPS) is 18.2. The molecule has 0 N–H and O–H groups in total. The third-order valence-electron chi connectivity index (χ3n) is 5.16. The van der Waals surface area contributed by atoms with Crippen LogP contribution in [0.2, 0.25) is 10.0 Å². The summed E-state index contributed by atoms with van der Waals surface area (Å²) in [5.41, 5.74) is 5.00. The number of halogens is 4. The second kappa shape index (κ2) is 5.57. The van der Waals surface area contributed by atoms with Gasteiger partial charge in [0.05, 0.1) is 15.6 Å². The van der Waals surface area contributed by atoms with E-state index in [9.17, 15) is 0 Å². The van der Waals surface area contributed by atoms with Crippen LogP contribution in [0, 0.1) is 13.8 Å². The summed E-state index contributed by atoms with van der Waals surface area (Å²) in [7, 11) is 0. The zero-order valence-electron chi connectivity index (χ0n) is 14.9. The van der Waals surface area contributed by atoms with Crippen LogP contribution >= 0.6 is 23.2 Å². The van der Waals surface area contributed by atoms with Gasteiger partial charge in [0.25, 0.3) is 0 Å². The standard InChI is InChI=1S/C19H17BCl2F2N2/c1-10-8-12(3)25-18(10)16(14-6-5-7-15(21)17(14)22)19-11(2)9-13(4)26(19)20(25,23)24/h5-9H,1-4H3. The molecule has 0 unspecified atom stereocenters. The van der Waals surface area contributed by atoms with E-state index in [4.69, 9.17) is 23.2 Å². The molecule has 0 spiro atoms. The molecule has 26 heavy (non-hydrogen) atoms. The van der Waals surface area contributed by atoms with Gasteiger partial charge in [-0.05, 0) is 44.2 Å². The minimum absolute atomic E-state index is 0.372. The maximum absolute atomic E-state index is 15.5. The Kier molecular flexibility index (Phi) is 3.77. The van der Waals surface area contributed by atoms with Crippen LogP contribution in [0.5, 0.6) is 0 Å². The quantitative estimate of drug-likeness (QED) is 0.538. The van der Waals surface area contributed by atoms with E-state index in [1.807, 2.05) is 19.9 Å². The molecule has 0 bridgehead atoms. The number of fused-ring (bicyclic) bond motifs is 2. The van der Waals surface area contributed by atoms with Gasteiger partial charge in [0, 0.05) is 29.8 Å². The van der Waals surface area contributed by atoms with E-state index < -0.39 is 6.97 Å². The molecule has 2 aromatic rings. The molecule has 0 aliphatic carbocycles. The highest BCUT2D eigenvalue weighted by atomic mass is 35.5. The molecule has 2 nitrogen and oxygen atoms in total. The number of hydrogen-bond acceptors (Lipinski definition) is 0. The Morgan fingerprint density at radius 1 is 1.08 bits per heavy atom. The molecule has 0 radical (unpaired) electrons. The Hall–Kier alpha value is -1.85. The summed E-state index contributed by atoms with van der Waals surface area (Å²) in [6.45, 7) is 3.13. The summed E-state index contributed by atoms with van der Waals surface area (Å²) in [4.78, 5) is 0. The van der Waals surface area contributed by atoms with E-state index in [1.165, 1.54) is 0 Å². The molecule has 134 valence electrons. The van der Waals surface area contributed by atoms with E-state index in [0.29, 0.717) is 44.0 Å². The fourth-order valence-electron chi connectivity index (χ4n) is 4.25. The summed E-state index contributed by atoms with van der Waals surface area (Å²) in [5, 5.41) is 0.774. The van der Waals surface area contributed by atoms with E-state index in [0.717, 1.165) is 20.1 Å². The summed E-state index contributed by atoms with van der Waals surface area (Å²) >= 11 is 12.7. The van der Waals surface area contributed by atoms with E-state index >= 15 is 8.63 Å². The highest BCUT2D eigenvalue weighted by molar-refractivity contribution is 6.58. The van der Waals surface area contributed by atoms with Gasteiger partial charge in [0.15, 0.2) is 5.70 Å². The van der Waals surface area contributed by atoms with Gasteiger partial charge in [0.2, 0.25) is 0 Å².